The van der Waals surface area contributed by atoms with E-state index >= 15 is 0 Å². The molecule has 3 rings (SSSR count). The van der Waals surface area contributed by atoms with E-state index in [1.165, 1.54) is 37.4 Å². The number of hydrogen-bond donors (Lipinski definition) is 3. The molecule has 0 saturated carbocycles. The van der Waals surface area contributed by atoms with Gasteiger partial charge in [0.25, 0.3) is 15.9 Å². The van der Waals surface area contributed by atoms with Crippen LogP contribution in [-0.2, 0) is 19.6 Å². The fourth-order valence-corrected chi connectivity index (χ4v) is 3.86. The van der Waals surface area contributed by atoms with Gasteiger partial charge in [-0.15, -0.1) is 0 Å². The summed E-state index contributed by atoms with van der Waals surface area (Å²) in [6.45, 7) is 3.44. The van der Waals surface area contributed by atoms with Crippen molar-refractivity contribution < 1.29 is 27.9 Å². The molecule has 3 N–H and O–H groups in total. The van der Waals surface area contributed by atoms with E-state index in [9.17, 15) is 23.1 Å². The topological polar surface area (TPSA) is 148 Å². The fourth-order valence-electron chi connectivity index (χ4n) is 2.92. The maximum absolute atomic E-state index is 12.6. The third kappa shape index (κ3) is 6.17. The molecule has 34 heavy (non-hydrogen) atoms. The maximum Gasteiger partial charge on any atom is 0.296 e. The largest absolute Gasteiger partial charge is 0.507 e. The van der Waals surface area contributed by atoms with E-state index in [-0.39, 0.29) is 16.5 Å². The first-order chi connectivity index (χ1) is 16.1. The zero-order valence-corrected chi connectivity index (χ0v) is 19.4. The Bertz CT molecular complexity index is 1350. The van der Waals surface area contributed by atoms with E-state index in [4.69, 9.17) is 4.74 Å². The Hall–Kier alpha value is -4.25. The minimum Gasteiger partial charge on any atom is -0.507 e. The molecule has 3 aromatic rings. The SMILES string of the molecule is COc1cccc(/C(O)=C/C(=O)C(=O)Nc2ccc(S(=O)(=O)Nc3nc(C)cc(C)n3)cc2)c1. The second-order valence-electron chi connectivity index (χ2n) is 7.18. The Morgan fingerprint density at radius 1 is 1.00 bits per heavy atom. The molecule has 0 spiro atoms. The molecule has 0 bridgehead atoms. The van der Waals surface area contributed by atoms with E-state index in [0.717, 1.165) is 6.08 Å². The standard InChI is InChI=1S/C23H22N4O6S/c1-14-11-15(2)25-23(24-14)27-34(31,32)19-9-7-17(8-10-19)26-22(30)21(29)13-20(28)16-5-4-6-18(12-16)33-3/h4-13,28H,1-3H3,(H,26,30)(H,24,25,27)/b20-13-. The lowest BCUT2D eigenvalue weighted by Gasteiger charge is -2.09. The van der Waals surface area contributed by atoms with Crippen molar-refractivity contribution in [3.8, 4) is 5.75 Å². The number of amides is 1. The number of rotatable bonds is 8. The van der Waals surface area contributed by atoms with Crippen LogP contribution < -0.4 is 14.8 Å². The van der Waals surface area contributed by atoms with Crippen LogP contribution in [0.3, 0.4) is 0 Å². The van der Waals surface area contributed by atoms with Crippen LogP contribution in [0.2, 0.25) is 0 Å². The molecule has 176 valence electrons. The number of aromatic nitrogens is 2. The summed E-state index contributed by atoms with van der Waals surface area (Å²) < 4.78 is 32.5. The Morgan fingerprint density at radius 3 is 2.26 bits per heavy atom. The molecule has 0 saturated heterocycles. The highest BCUT2D eigenvalue weighted by Crippen LogP contribution is 2.19. The van der Waals surface area contributed by atoms with Crippen LogP contribution in [0.1, 0.15) is 17.0 Å². The quantitative estimate of drug-likeness (QED) is 0.252. The molecule has 0 unspecified atom stereocenters. The maximum atomic E-state index is 12.6. The summed E-state index contributed by atoms with van der Waals surface area (Å²) in [7, 11) is -2.51. The number of carbonyl (C=O) groups excluding carboxylic acids is 2. The van der Waals surface area contributed by atoms with Crippen LogP contribution in [-0.4, -0.2) is 42.3 Å². The zero-order chi connectivity index (χ0) is 24.9. The Labute approximate surface area is 196 Å². The van der Waals surface area contributed by atoms with Crippen molar-refractivity contribution in [3.05, 3.63) is 77.6 Å². The zero-order valence-electron chi connectivity index (χ0n) is 18.6. The van der Waals surface area contributed by atoms with E-state index in [0.29, 0.717) is 22.7 Å². The first-order valence-corrected chi connectivity index (χ1v) is 11.4. The Balaban J connectivity index is 1.68. The number of aliphatic hydroxyl groups excluding tert-OH is 1. The summed E-state index contributed by atoms with van der Waals surface area (Å²) in [5.41, 5.74) is 1.71. The molecule has 1 heterocycles. The summed E-state index contributed by atoms with van der Waals surface area (Å²) in [5, 5.41) is 12.5. The molecule has 0 fully saturated rings. The highest BCUT2D eigenvalue weighted by molar-refractivity contribution is 7.92. The number of ether oxygens (including phenoxy) is 1. The van der Waals surface area contributed by atoms with E-state index in [1.54, 1.807) is 38.1 Å². The lowest BCUT2D eigenvalue weighted by atomic mass is 10.1. The Morgan fingerprint density at radius 2 is 1.65 bits per heavy atom. The molecule has 1 amide bonds. The summed E-state index contributed by atoms with van der Waals surface area (Å²) >= 11 is 0. The molecule has 0 aliphatic rings. The first kappa shape index (κ1) is 24.4. The third-order valence-corrected chi connectivity index (χ3v) is 5.83. The van der Waals surface area contributed by atoms with Crippen molar-refractivity contribution in [2.75, 3.05) is 17.1 Å². The monoisotopic (exact) mass is 482 g/mol. The molecule has 10 nitrogen and oxygen atoms in total. The van der Waals surface area contributed by atoms with Gasteiger partial charge in [-0.1, -0.05) is 12.1 Å². The molecule has 0 atom stereocenters. The number of sulfonamides is 1. The Kier molecular flexibility index (Phi) is 7.27. The normalized spacial score (nSPS) is 11.6. The number of anilines is 2. The number of aryl methyl sites for hydroxylation is 2. The molecule has 0 radical (unpaired) electrons. The van der Waals surface area contributed by atoms with Crippen LogP contribution in [0.4, 0.5) is 11.6 Å². The smallest absolute Gasteiger partial charge is 0.296 e. The highest BCUT2D eigenvalue weighted by atomic mass is 32.2. The van der Waals surface area contributed by atoms with Crippen molar-refractivity contribution >= 4 is 39.1 Å². The van der Waals surface area contributed by atoms with E-state index < -0.39 is 27.5 Å². The van der Waals surface area contributed by atoms with Crippen molar-refractivity contribution in [1.29, 1.82) is 0 Å². The molecular weight excluding hydrogens is 460 g/mol. The number of aliphatic hydroxyl groups is 1. The number of hydrogen-bond acceptors (Lipinski definition) is 8. The molecule has 1 aromatic heterocycles. The number of nitrogens with one attached hydrogen (secondary N) is 2. The molecular formula is C23H22N4O6S. The predicted octanol–water partition coefficient (Wildman–Crippen LogP) is 3.01. The fraction of sp³-hybridized carbons (Fsp3) is 0.130. The lowest BCUT2D eigenvalue weighted by molar-refractivity contribution is -0.131. The van der Waals surface area contributed by atoms with E-state index in [2.05, 4.69) is 20.0 Å². The minimum atomic E-state index is -3.97. The van der Waals surface area contributed by atoms with Gasteiger partial charge in [0, 0.05) is 28.7 Å². The van der Waals surface area contributed by atoms with Crippen LogP contribution in [0.25, 0.3) is 5.76 Å². The van der Waals surface area contributed by atoms with Gasteiger partial charge in [0.1, 0.15) is 11.5 Å². The number of ketones is 1. The molecule has 2 aromatic carbocycles. The van der Waals surface area contributed by atoms with Gasteiger partial charge in [-0.2, -0.15) is 0 Å². The predicted molar refractivity (Wildman–Crippen MR) is 126 cm³/mol. The summed E-state index contributed by atoms with van der Waals surface area (Å²) in [5.74, 6) is -1.98. The van der Waals surface area contributed by atoms with Gasteiger partial charge in [-0.25, -0.2) is 23.1 Å². The van der Waals surface area contributed by atoms with Crippen LogP contribution in [0, 0.1) is 13.8 Å². The van der Waals surface area contributed by atoms with Gasteiger partial charge in [-0.05, 0) is 56.3 Å². The van der Waals surface area contributed by atoms with Crippen molar-refractivity contribution in [1.82, 2.24) is 9.97 Å². The number of nitrogens with zero attached hydrogens (tertiary/aromatic N) is 2. The van der Waals surface area contributed by atoms with Gasteiger partial charge < -0.3 is 15.2 Å². The second-order valence-corrected chi connectivity index (χ2v) is 8.87. The molecule has 0 aliphatic carbocycles. The van der Waals surface area contributed by atoms with Gasteiger partial charge in [0.2, 0.25) is 11.7 Å². The second kappa shape index (κ2) is 10.1. The number of carbonyl (C=O) groups is 2. The number of methoxy groups -OCH3 is 1. The summed E-state index contributed by atoms with van der Waals surface area (Å²) in [6.07, 6.45) is 0.788. The minimum absolute atomic E-state index is 0.0527. The van der Waals surface area contributed by atoms with Gasteiger partial charge in [0.05, 0.1) is 12.0 Å². The average molecular weight is 483 g/mol. The summed E-state index contributed by atoms with van der Waals surface area (Å²) in [6, 6.07) is 13.2. The van der Waals surface area contributed by atoms with Crippen molar-refractivity contribution in [3.63, 3.8) is 0 Å². The van der Waals surface area contributed by atoms with Crippen molar-refractivity contribution in [2.24, 2.45) is 0 Å². The molecule has 0 aliphatic heterocycles. The average Bonchev–Trinajstić information content (AvgIpc) is 2.78. The van der Waals surface area contributed by atoms with Crippen LogP contribution in [0.5, 0.6) is 5.75 Å². The lowest BCUT2D eigenvalue weighted by Crippen LogP contribution is -2.21. The van der Waals surface area contributed by atoms with Gasteiger partial charge in [0.15, 0.2) is 0 Å². The summed E-state index contributed by atoms with van der Waals surface area (Å²) in [4.78, 5) is 32.4. The van der Waals surface area contributed by atoms with Gasteiger partial charge >= 0.3 is 0 Å². The first-order valence-electron chi connectivity index (χ1n) is 9.93. The van der Waals surface area contributed by atoms with Gasteiger partial charge in [-0.3, -0.25) is 9.59 Å². The number of benzene rings is 2. The molecule has 11 heteroatoms. The van der Waals surface area contributed by atoms with Crippen molar-refractivity contribution in [2.45, 2.75) is 18.7 Å². The van der Waals surface area contributed by atoms with Crippen LogP contribution in [0.15, 0.2) is 65.6 Å². The van der Waals surface area contributed by atoms with E-state index in [1.807, 2.05) is 0 Å². The third-order valence-electron chi connectivity index (χ3n) is 4.49. The highest BCUT2D eigenvalue weighted by Gasteiger charge is 2.18. The van der Waals surface area contributed by atoms with Crippen LogP contribution >= 0.6 is 0 Å².